The van der Waals surface area contributed by atoms with E-state index >= 15 is 4.39 Å². The Morgan fingerprint density at radius 2 is 1.86 bits per heavy atom. The molecule has 1 aliphatic heterocycles. The number of hydrogen-bond acceptors (Lipinski definition) is 6. The van der Waals surface area contributed by atoms with E-state index in [2.05, 4.69) is 10.3 Å². The number of ether oxygens (including phenoxy) is 2. The van der Waals surface area contributed by atoms with Gasteiger partial charge in [0.1, 0.15) is 46.4 Å². The number of fused-ring (bicyclic) bond motifs is 2. The van der Waals surface area contributed by atoms with Gasteiger partial charge in [-0.05, 0) is 69.0 Å². The number of pyridine rings is 2. The van der Waals surface area contributed by atoms with E-state index in [9.17, 15) is 14.0 Å². The minimum Gasteiger partial charge on any atom is -0.494 e. The van der Waals surface area contributed by atoms with Crippen LogP contribution in [0, 0.1) is 24.5 Å². The molecular formula is C32H28Cl2F2N4O4. The summed E-state index contributed by atoms with van der Waals surface area (Å²) in [5.41, 5.74) is 6.92. The summed E-state index contributed by atoms with van der Waals surface area (Å²) in [6.45, 7) is 3.53. The van der Waals surface area contributed by atoms with Gasteiger partial charge in [-0.15, -0.1) is 0 Å². The van der Waals surface area contributed by atoms with Gasteiger partial charge in [0.25, 0.3) is 5.91 Å². The van der Waals surface area contributed by atoms with Crippen molar-refractivity contribution in [1.82, 2.24) is 15.3 Å². The van der Waals surface area contributed by atoms with E-state index in [1.54, 1.807) is 38.1 Å². The lowest BCUT2D eigenvalue weighted by Gasteiger charge is -2.22. The Morgan fingerprint density at radius 1 is 1.11 bits per heavy atom. The second-order valence-electron chi connectivity index (χ2n) is 11.5. The van der Waals surface area contributed by atoms with Gasteiger partial charge >= 0.3 is 0 Å². The summed E-state index contributed by atoms with van der Waals surface area (Å²) in [6.07, 6.45) is 1.77. The maximum Gasteiger partial charge on any atom is 0.251 e. The normalized spacial score (nSPS) is 18.1. The lowest BCUT2D eigenvalue weighted by atomic mass is 9.82. The second kappa shape index (κ2) is 11.2. The molecule has 2 aromatic carbocycles. The van der Waals surface area contributed by atoms with Crippen LogP contribution >= 0.6 is 23.2 Å². The monoisotopic (exact) mass is 640 g/mol. The number of amides is 2. The van der Waals surface area contributed by atoms with Crippen LogP contribution in [-0.2, 0) is 10.2 Å². The summed E-state index contributed by atoms with van der Waals surface area (Å²) in [4.78, 5) is 35.3. The molecule has 228 valence electrons. The predicted octanol–water partition coefficient (Wildman–Crippen LogP) is 6.26. The lowest BCUT2D eigenvalue weighted by Crippen LogP contribution is -2.40. The molecule has 2 aliphatic rings. The molecule has 0 saturated heterocycles. The first-order valence-corrected chi connectivity index (χ1v) is 14.7. The lowest BCUT2D eigenvalue weighted by molar-refractivity contribution is -0.123. The van der Waals surface area contributed by atoms with Crippen molar-refractivity contribution in [3.63, 3.8) is 0 Å². The Morgan fingerprint density at radius 3 is 2.55 bits per heavy atom. The van der Waals surface area contributed by atoms with Gasteiger partial charge in [-0.3, -0.25) is 9.59 Å². The van der Waals surface area contributed by atoms with Crippen molar-refractivity contribution in [1.29, 1.82) is 0 Å². The average molecular weight is 642 g/mol. The number of carbonyl (C=O) groups is 2. The average Bonchev–Trinajstić information content (AvgIpc) is 3.77. The smallest absolute Gasteiger partial charge is 0.251 e. The van der Waals surface area contributed by atoms with Crippen LogP contribution in [0.4, 0.5) is 8.78 Å². The third kappa shape index (κ3) is 5.20. The zero-order valence-corrected chi connectivity index (χ0v) is 25.6. The third-order valence-electron chi connectivity index (χ3n) is 8.45. The number of nitrogens with two attached hydrogens (primary N) is 1. The number of nitrogens with one attached hydrogen (secondary N) is 1. The van der Waals surface area contributed by atoms with Crippen molar-refractivity contribution < 1.29 is 27.8 Å². The summed E-state index contributed by atoms with van der Waals surface area (Å²) >= 11 is 12.1. The van der Waals surface area contributed by atoms with E-state index in [0.29, 0.717) is 44.2 Å². The zero-order valence-electron chi connectivity index (χ0n) is 24.1. The van der Waals surface area contributed by atoms with E-state index in [4.69, 9.17) is 43.4 Å². The Balaban J connectivity index is 1.38. The van der Waals surface area contributed by atoms with Crippen molar-refractivity contribution in [2.24, 2.45) is 11.7 Å². The maximum absolute atomic E-state index is 15.2. The van der Waals surface area contributed by atoms with Crippen LogP contribution < -0.4 is 20.5 Å². The second-order valence-corrected chi connectivity index (χ2v) is 12.3. The van der Waals surface area contributed by atoms with Gasteiger partial charge in [0.15, 0.2) is 0 Å². The number of hydrogen-bond donors (Lipinski definition) is 2. The van der Waals surface area contributed by atoms with Gasteiger partial charge in [-0.1, -0.05) is 23.2 Å². The summed E-state index contributed by atoms with van der Waals surface area (Å²) in [5.74, 6) is -2.17. The van der Waals surface area contributed by atoms with Crippen molar-refractivity contribution in [2.45, 2.75) is 38.0 Å². The molecular weight excluding hydrogens is 613 g/mol. The van der Waals surface area contributed by atoms with Gasteiger partial charge < -0.3 is 20.5 Å². The van der Waals surface area contributed by atoms with E-state index in [0.717, 1.165) is 25.0 Å². The number of benzene rings is 2. The predicted molar refractivity (Wildman–Crippen MR) is 162 cm³/mol. The van der Waals surface area contributed by atoms with Crippen LogP contribution in [-0.4, -0.2) is 42.0 Å². The molecule has 2 atom stereocenters. The van der Waals surface area contributed by atoms with Gasteiger partial charge in [-0.2, -0.15) is 0 Å². The van der Waals surface area contributed by atoms with Crippen LogP contribution in [0.3, 0.4) is 0 Å². The van der Waals surface area contributed by atoms with Crippen LogP contribution in [0.15, 0.2) is 36.4 Å². The van der Waals surface area contributed by atoms with Crippen LogP contribution in [0.25, 0.3) is 22.2 Å². The highest BCUT2D eigenvalue weighted by molar-refractivity contribution is 6.32. The molecule has 6 rings (SSSR count). The molecule has 0 radical (unpaired) electrons. The molecule has 3 N–H and O–H groups in total. The van der Waals surface area contributed by atoms with Crippen LogP contribution in [0.2, 0.25) is 10.0 Å². The van der Waals surface area contributed by atoms with Crippen LogP contribution in [0.1, 0.15) is 53.0 Å². The number of rotatable bonds is 8. The standard InChI is InChI=1S/C32H28Cl2F2N4O4/c1-14-21(33)7-16-6-17(8-26(43-3)27(16)39-14)30(41)38-12-19(15-4-5-15)25-10-20-29(44-13-32(20,2)31(37)42)28(40-25)18-9-24(36)22(34)11-23(18)35/h6-11,15,19H,4-5,12-13H2,1-3H3,(H2,37,42)(H,38,41)/t19-,32-/m0/s1. The Bertz CT molecular complexity index is 1870. The van der Waals surface area contributed by atoms with E-state index < -0.39 is 23.0 Å². The fourth-order valence-corrected chi connectivity index (χ4v) is 5.92. The number of aryl methyl sites for hydroxylation is 1. The van der Waals surface area contributed by atoms with Crippen molar-refractivity contribution in [3.05, 3.63) is 80.6 Å². The van der Waals surface area contributed by atoms with Crippen molar-refractivity contribution in [2.75, 3.05) is 20.3 Å². The fraction of sp³-hybridized carbons (Fsp3) is 0.312. The molecule has 0 unspecified atom stereocenters. The SMILES string of the molecule is COc1cc(C(=O)NC[C@H](c2cc3c(c(-c4cc(F)c(Cl)cc4F)n2)OC[C@]3(C)C(N)=O)C2CC2)cc2cc(Cl)c(C)nc12. The summed E-state index contributed by atoms with van der Waals surface area (Å²) in [7, 11) is 1.50. The third-order valence-corrected chi connectivity index (χ3v) is 9.12. The molecule has 2 aromatic heterocycles. The molecule has 12 heteroatoms. The molecule has 0 spiro atoms. The molecule has 1 saturated carbocycles. The molecule has 3 heterocycles. The topological polar surface area (TPSA) is 116 Å². The summed E-state index contributed by atoms with van der Waals surface area (Å²) in [5, 5.41) is 3.74. The Labute approximate surface area is 261 Å². The first-order valence-electron chi connectivity index (χ1n) is 14.0. The quantitative estimate of drug-likeness (QED) is 0.220. The highest BCUT2D eigenvalue weighted by atomic mass is 35.5. The molecule has 1 fully saturated rings. The van der Waals surface area contributed by atoms with E-state index in [1.807, 2.05) is 0 Å². The highest BCUT2D eigenvalue weighted by Crippen LogP contribution is 2.49. The summed E-state index contributed by atoms with van der Waals surface area (Å²) in [6, 6.07) is 8.59. The van der Waals surface area contributed by atoms with Gasteiger partial charge in [0.05, 0.1) is 22.8 Å². The molecule has 2 amide bonds. The van der Waals surface area contributed by atoms with Crippen molar-refractivity contribution >= 4 is 45.9 Å². The molecule has 8 nitrogen and oxygen atoms in total. The minimum absolute atomic E-state index is 0.0338. The minimum atomic E-state index is -1.23. The zero-order chi connectivity index (χ0) is 31.5. The van der Waals surface area contributed by atoms with Gasteiger partial charge in [0.2, 0.25) is 5.91 Å². The highest BCUT2D eigenvalue weighted by Gasteiger charge is 2.45. The Hall–Kier alpha value is -4.02. The number of methoxy groups -OCH3 is 1. The van der Waals surface area contributed by atoms with Crippen LogP contribution in [0.5, 0.6) is 11.5 Å². The molecule has 1 aliphatic carbocycles. The molecule has 0 bridgehead atoms. The number of carbonyl (C=O) groups excluding carboxylic acids is 2. The number of halogens is 4. The maximum atomic E-state index is 15.2. The van der Waals surface area contributed by atoms with Gasteiger partial charge in [-0.25, -0.2) is 18.7 Å². The molecule has 44 heavy (non-hydrogen) atoms. The first kappa shape index (κ1) is 30.0. The van der Waals surface area contributed by atoms with Crippen molar-refractivity contribution in [3.8, 4) is 22.8 Å². The first-order chi connectivity index (χ1) is 20.9. The largest absolute Gasteiger partial charge is 0.494 e. The van der Waals surface area contributed by atoms with Gasteiger partial charge in [0, 0.05) is 40.2 Å². The number of primary amides is 1. The Kier molecular flexibility index (Phi) is 7.62. The van der Waals surface area contributed by atoms with E-state index in [-0.39, 0.29) is 52.9 Å². The number of nitrogens with zero attached hydrogens (tertiary/aromatic N) is 2. The fourth-order valence-electron chi connectivity index (χ4n) is 5.61. The number of aromatic nitrogens is 2. The molecule has 4 aromatic rings. The summed E-state index contributed by atoms with van der Waals surface area (Å²) < 4.78 is 41.1. The van der Waals surface area contributed by atoms with E-state index in [1.165, 1.54) is 7.11 Å².